The lowest BCUT2D eigenvalue weighted by atomic mass is 9.91. The lowest BCUT2D eigenvalue weighted by Gasteiger charge is -2.29. The minimum Gasteiger partial charge on any atom is -0.493 e. The van der Waals surface area contributed by atoms with Crippen molar-refractivity contribution >= 4 is 5.91 Å². The van der Waals surface area contributed by atoms with Gasteiger partial charge in [0.2, 0.25) is 0 Å². The molecule has 0 aliphatic heterocycles. The fourth-order valence-electron chi connectivity index (χ4n) is 2.57. The van der Waals surface area contributed by atoms with Crippen LogP contribution < -0.4 is 20.5 Å². The van der Waals surface area contributed by atoms with E-state index < -0.39 is 0 Å². The van der Waals surface area contributed by atoms with Crippen molar-refractivity contribution in [3.05, 3.63) is 23.8 Å². The van der Waals surface area contributed by atoms with E-state index in [1.54, 1.807) is 32.4 Å². The van der Waals surface area contributed by atoms with Gasteiger partial charge in [0.15, 0.2) is 11.5 Å². The van der Waals surface area contributed by atoms with Gasteiger partial charge in [0.25, 0.3) is 5.91 Å². The van der Waals surface area contributed by atoms with Crippen LogP contribution in [0.15, 0.2) is 18.2 Å². The first-order valence-corrected chi connectivity index (χ1v) is 6.94. The standard InChI is InChI=1S/C15H22N2O3/c1-19-13-8-7-10(9-14(13)20-2)15(18)17-12-6-4-3-5-11(12)16/h7-9,11-12H,3-6,16H2,1-2H3,(H,17,18)/t11-,12-/m1/s1. The van der Waals surface area contributed by atoms with Crippen molar-refractivity contribution in [1.82, 2.24) is 5.32 Å². The summed E-state index contributed by atoms with van der Waals surface area (Å²) in [6, 6.07) is 5.25. The Balaban J connectivity index is 2.08. The molecule has 0 saturated heterocycles. The molecular formula is C15H22N2O3. The van der Waals surface area contributed by atoms with Gasteiger partial charge in [-0.15, -0.1) is 0 Å². The SMILES string of the molecule is COc1ccc(C(=O)N[C@@H]2CCCC[C@H]2N)cc1OC. The number of hydrogen-bond acceptors (Lipinski definition) is 4. The lowest BCUT2D eigenvalue weighted by Crippen LogP contribution is -2.49. The molecule has 2 atom stereocenters. The molecule has 1 saturated carbocycles. The predicted molar refractivity (Wildman–Crippen MR) is 77.2 cm³/mol. The molecule has 1 fully saturated rings. The van der Waals surface area contributed by atoms with Gasteiger partial charge >= 0.3 is 0 Å². The Labute approximate surface area is 119 Å². The number of methoxy groups -OCH3 is 2. The summed E-state index contributed by atoms with van der Waals surface area (Å²) in [5.74, 6) is 1.04. The lowest BCUT2D eigenvalue weighted by molar-refractivity contribution is 0.0921. The molecule has 5 heteroatoms. The van der Waals surface area contributed by atoms with Crippen LogP contribution in [-0.2, 0) is 0 Å². The molecule has 0 radical (unpaired) electrons. The van der Waals surface area contributed by atoms with Crippen molar-refractivity contribution < 1.29 is 14.3 Å². The van der Waals surface area contributed by atoms with Crippen molar-refractivity contribution in [2.24, 2.45) is 5.73 Å². The minimum atomic E-state index is -0.117. The van der Waals surface area contributed by atoms with Crippen LogP contribution in [0.4, 0.5) is 0 Å². The van der Waals surface area contributed by atoms with Crippen LogP contribution >= 0.6 is 0 Å². The normalized spacial score (nSPS) is 22.1. The van der Waals surface area contributed by atoms with Crippen LogP contribution in [-0.4, -0.2) is 32.2 Å². The van der Waals surface area contributed by atoms with E-state index in [1.165, 1.54) is 0 Å². The van der Waals surface area contributed by atoms with E-state index in [4.69, 9.17) is 15.2 Å². The number of hydrogen-bond donors (Lipinski definition) is 2. The molecule has 20 heavy (non-hydrogen) atoms. The average molecular weight is 278 g/mol. The zero-order valence-electron chi connectivity index (χ0n) is 12.0. The Hall–Kier alpha value is -1.75. The van der Waals surface area contributed by atoms with Gasteiger partial charge in [-0.05, 0) is 31.0 Å². The van der Waals surface area contributed by atoms with Gasteiger partial charge in [0, 0.05) is 17.6 Å². The first-order valence-electron chi connectivity index (χ1n) is 6.94. The molecule has 0 heterocycles. The average Bonchev–Trinajstić information content (AvgIpc) is 2.48. The molecule has 1 aliphatic rings. The van der Waals surface area contributed by atoms with E-state index in [0.717, 1.165) is 25.7 Å². The van der Waals surface area contributed by atoms with E-state index in [-0.39, 0.29) is 18.0 Å². The van der Waals surface area contributed by atoms with Crippen LogP contribution in [0.5, 0.6) is 11.5 Å². The molecule has 110 valence electrons. The molecular weight excluding hydrogens is 256 g/mol. The number of carbonyl (C=O) groups excluding carboxylic acids is 1. The zero-order valence-corrected chi connectivity index (χ0v) is 12.0. The summed E-state index contributed by atoms with van der Waals surface area (Å²) in [7, 11) is 3.12. The smallest absolute Gasteiger partial charge is 0.251 e. The van der Waals surface area contributed by atoms with Crippen molar-refractivity contribution in [2.45, 2.75) is 37.8 Å². The van der Waals surface area contributed by atoms with Gasteiger partial charge in [0.05, 0.1) is 14.2 Å². The van der Waals surface area contributed by atoms with Crippen LogP contribution in [0.1, 0.15) is 36.0 Å². The fraction of sp³-hybridized carbons (Fsp3) is 0.533. The highest BCUT2D eigenvalue weighted by Crippen LogP contribution is 2.27. The van der Waals surface area contributed by atoms with Crippen LogP contribution in [0.3, 0.4) is 0 Å². The molecule has 1 aromatic carbocycles. The third kappa shape index (κ3) is 3.22. The van der Waals surface area contributed by atoms with Gasteiger partial charge in [-0.1, -0.05) is 12.8 Å². The Bertz CT molecular complexity index is 476. The van der Waals surface area contributed by atoms with Crippen molar-refractivity contribution in [2.75, 3.05) is 14.2 Å². The predicted octanol–water partition coefficient (Wildman–Crippen LogP) is 1.70. The monoisotopic (exact) mass is 278 g/mol. The number of nitrogens with two attached hydrogens (primary N) is 1. The second-order valence-electron chi connectivity index (χ2n) is 5.10. The second-order valence-corrected chi connectivity index (χ2v) is 5.10. The summed E-state index contributed by atoms with van der Waals surface area (Å²) in [4.78, 5) is 12.3. The fourth-order valence-corrected chi connectivity index (χ4v) is 2.57. The molecule has 0 spiro atoms. The van der Waals surface area contributed by atoms with Crippen molar-refractivity contribution in [1.29, 1.82) is 0 Å². The molecule has 1 amide bonds. The maximum absolute atomic E-state index is 12.3. The van der Waals surface area contributed by atoms with Crippen LogP contribution in [0.2, 0.25) is 0 Å². The summed E-state index contributed by atoms with van der Waals surface area (Å²) in [5, 5.41) is 3.01. The Morgan fingerprint density at radius 2 is 1.90 bits per heavy atom. The summed E-state index contributed by atoms with van der Waals surface area (Å²) < 4.78 is 10.4. The largest absolute Gasteiger partial charge is 0.493 e. The van der Waals surface area contributed by atoms with Gasteiger partial charge in [-0.3, -0.25) is 4.79 Å². The van der Waals surface area contributed by atoms with Gasteiger partial charge in [-0.25, -0.2) is 0 Å². The molecule has 3 N–H and O–H groups in total. The quantitative estimate of drug-likeness (QED) is 0.879. The Morgan fingerprint density at radius 3 is 2.55 bits per heavy atom. The number of ether oxygens (including phenoxy) is 2. The Morgan fingerprint density at radius 1 is 1.20 bits per heavy atom. The van der Waals surface area contributed by atoms with E-state index in [0.29, 0.717) is 17.1 Å². The maximum Gasteiger partial charge on any atom is 0.251 e. The highest BCUT2D eigenvalue weighted by Gasteiger charge is 2.24. The van der Waals surface area contributed by atoms with Crippen LogP contribution in [0.25, 0.3) is 0 Å². The molecule has 1 aliphatic carbocycles. The maximum atomic E-state index is 12.3. The summed E-state index contributed by atoms with van der Waals surface area (Å²) >= 11 is 0. The van der Waals surface area contributed by atoms with E-state index in [2.05, 4.69) is 5.32 Å². The Kier molecular flexibility index (Phi) is 4.84. The summed E-state index contributed by atoms with van der Waals surface area (Å²) in [5.41, 5.74) is 6.60. The number of nitrogens with one attached hydrogen (secondary N) is 1. The number of rotatable bonds is 4. The molecule has 5 nitrogen and oxygen atoms in total. The topological polar surface area (TPSA) is 73.6 Å². The number of benzene rings is 1. The van der Waals surface area contributed by atoms with Gasteiger partial charge < -0.3 is 20.5 Å². The molecule has 0 unspecified atom stereocenters. The van der Waals surface area contributed by atoms with Crippen molar-refractivity contribution in [3.63, 3.8) is 0 Å². The third-order valence-corrected chi connectivity index (χ3v) is 3.78. The number of amides is 1. The summed E-state index contributed by atoms with van der Waals surface area (Å²) in [6.07, 6.45) is 4.17. The van der Waals surface area contributed by atoms with Crippen LogP contribution in [0, 0.1) is 0 Å². The molecule has 0 bridgehead atoms. The van der Waals surface area contributed by atoms with E-state index >= 15 is 0 Å². The minimum absolute atomic E-state index is 0.0489. The van der Waals surface area contributed by atoms with Crippen molar-refractivity contribution in [3.8, 4) is 11.5 Å². The van der Waals surface area contributed by atoms with Gasteiger partial charge in [0.1, 0.15) is 0 Å². The first kappa shape index (κ1) is 14.7. The highest BCUT2D eigenvalue weighted by molar-refractivity contribution is 5.95. The highest BCUT2D eigenvalue weighted by atomic mass is 16.5. The first-order chi connectivity index (χ1) is 9.65. The number of carbonyl (C=O) groups is 1. The van der Waals surface area contributed by atoms with E-state index in [9.17, 15) is 4.79 Å². The molecule has 0 aromatic heterocycles. The molecule has 1 aromatic rings. The summed E-state index contributed by atoms with van der Waals surface area (Å²) in [6.45, 7) is 0. The van der Waals surface area contributed by atoms with Gasteiger partial charge in [-0.2, -0.15) is 0 Å². The molecule has 2 rings (SSSR count). The third-order valence-electron chi connectivity index (χ3n) is 3.78. The second kappa shape index (κ2) is 6.61. The zero-order chi connectivity index (χ0) is 14.5. The van der Waals surface area contributed by atoms with E-state index in [1.807, 2.05) is 0 Å².